The number of anilines is 2. The topological polar surface area (TPSA) is 81.0 Å². The third-order valence-corrected chi connectivity index (χ3v) is 2.97. The van der Waals surface area contributed by atoms with E-state index in [2.05, 4.69) is 15.3 Å². The minimum absolute atomic E-state index is 0.0470. The van der Waals surface area contributed by atoms with E-state index in [0.717, 1.165) is 6.33 Å². The molecule has 0 aliphatic rings. The lowest BCUT2D eigenvalue weighted by Gasteiger charge is -2.08. The van der Waals surface area contributed by atoms with E-state index in [0.29, 0.717) is 15.7 Å². The molecule has 0 spiro atoms. The third kappa shape index (κ3) is 3.04. The summed E-state index contributed by atoms with van der Waals surface area (Å²) in [5.74, 6) is -0.0470. The molecule has 1 aromatic carbocycles. The van der Waals surface area contributed by atoms with Crippen molar-refractivity contribution in [1.82, 2.24) is 9.97 Å². The zero-order valence-electron chi connectivity index (χ0n) is 9.10. The van der Waals surface area contributed by atoms with Crippen LogP contribution in [-0.4, -0.2) is 14.9 Å². The summed E-state index contributed by atoms with van der Waals surface area (Å²) in [4.78, 5) is 17.6. The lowest BCUT2D eigenvalue weighted by atomic mass is 10.3. The number of nitrogens with one attached hydrogen (secondary N) is 1. The van der Waals surface area contributed by atoms with Crippen LogP contribution in [0.1, 0.15) is 0 Å². The van der Waals surface area contributed by atoms with E-state index < -0.39 is 10.6 Å². The average molecular weight is 320 g/mol. The van der Waals surface area contributed by atoms with Gasteiger partial charge in [0.15, 0.2) is 0 Å². The Morgan fingerprint density at radius 3 is 2.58 bits per heavy atom. The maximum Gasteiger partial charge on any atom is 0.348 e. The summed E-state index contributed by atoms with van der Waals surface area (Å²) in [7, 11) is 0. The summed E-state index contributed by atoms with van der Waals surface area (Å²) in [6.07, 6.45) is 1.11. The van der Waals surface area contributed by atoms with Crippen LogP contribution in [0.3, 0.4) is 0 Å². The Balaban J connectivity index is 2.44. The maximum atomic E-state index is 10.9. The number of benzene rings is 1. The molecule has 0 atom stereocenters. The van der Waals surface area contributed by atoms with Gasteiger partial charge in [0.1, 0.15) is 6.33 Å². The first kappa shape index (κ1) is 13.8. The monoisotopic (exact) mass is 318 g/mol. The number of hydrogen-bond acceptors (Lipinski definition) is 5. The van der Waals surface area contributed by atoms with Crippen LogP contribution in [0, 0.1) is 10.1 Å². The van der Waals surface area contributed by atoms with Crippen LogP contribution in [0.4, 0.5) is 17.2 Å². The molecule has 9 heteroatoms. The Kier molecular flexibility index (Phi) is 4.04. The lowest BCUT2D eigenvalue weighted by molar-refractivity contribution is -0.384. The lowest BCUT2D eigenvalue weighted by Crippen LogP contribution is -2.01. The number of rotatable bonds is 3. The quantitative estimate of drug-likeness (QED) is 0.523. The highest BCUT2D eigenvalue weighted by atomic mass is 35.5. The second kappa shape index (κ2) is 5.56. The van der Waals surface area contributed by atoms with Crippen molar-refractivity contribution in [2.45, 2.75) is 0 Å². The van der Waals surface area contributed by atoms with Gasteiger partial charge in [-0.2, -0.15) is 0 Å². The number of aromatic nitrogens is 2. The summed E-state index contributed by atoms with van der Waals surface area (Å²) < 4.78 is 0. The van der Waals surface area contributed by atoms with Crippen molar-refractivity contribution in [1.29, 1.82) is 0 Å². The molecule has 0 amide bonds. The van der Waals surface area contributed by atoms with Gasteiger partial charge in [-0.3, -0.25) is 10.1 Å². The van der Waals surface area contributed by atoms with E-state index in [1.807, 2.05) is 0 Å². The standard InChI is InChI=1S/C10H5Cl3N4O2/c11-5-1-2-7(6(12)3-5)16-10-8(17(18)19)9(13)14-4-15-10/h1-4H,(H,14,15,16). The second-order valence-corrected chi connectivity index (χ2v) is 4.57. The Morgan fingerprint density at radius 1 is 1.21 bits per heavy atom. The van der Waals surface area contributed by atoms with E-state index in [1.54, 1.807) is 12.1 Å². The Morgan fingerprint density at radius 2 is 1.95 bits per heavy atom. The minimum Gasteiger partial charge on any atom is -0.333 e. The normalized spacial score (nSPS) is 10.3. The van der Waals surface area contributed by atoms with Crippen LogP contribution < -0.4 is 5.32 Å². The summed E-state index contributed by atoms with van der Waals surface area (Å²) in [5.41, 5.74) is -0.000818. The SMILES string of the molecule is O=[N+]([O-])c1c(Cl)ncnc1Nc1ccc(Cl)cc1Cl. The highest BCUT2D eigenvalue weighted by molar-refractivity contribution is 6.36. The van der Waals surface area contributed by atoms with Gasteiger partial charge in [0.25, 0.3) is 0 Å². The fourth-order valence-electron chi connectivity index (χ4n) is 1.33. The fourth-order valence-corrected chi connectivity index (χ4v) is 1.99. The molecule has 0 aliphatic carbocycles. The fraction of sp³-hybridized carbons (Fsp3) is 0. The molecule has 2 aromatic rings. The first-order valence-electron chi connectivity index (χ1n) is 4.86. The average Bonchev–Trinajstić information content (AvgIpc) is 2.32. The third-order valence-electron chi connectivity index (χ3n) is 2.14. The molecule has 0 fully saturated rings. The zero-order valence-corrected chi connectivity index (χ0v) is 11.4. The van der Waals surface area contributed by atoms with Crippen LogP contribution >= 0.6 is 34.8 Å². The molecular formula is C10H5Cl3N4O2. The molecular weight excluding hydrogens is 314 g/mol. The van der Waals surface area contributed by atoms with Gasteiger partial charge in [-0.15, -0.1) is 0 Å². The molecule has 0 saturated carbocycles. The molecule has 1 N–H and O–H groups in total. The Bertz CT molecular complexity index is 651. The largest absolute Gasteiger partial charge is 0.348 e. The van der Waals surface area contributed by atoms with E-state index >= 15 is 0 Å². The smallest absolute Gasteiger partial charge is 0.333 e. The molecule has 98 valence electrons. The van der Waals surface area contributed by atoms with Crippen molar-refractivity contribution in [3.63, 3.8) is 0 Å². The molecule has 6 nitrogen and oxygen atoms in total. The number of hydrogen-bond donors (Lipinski definition) is 1. The van der Waals surface area contributed by atoms with Crippen LogP contribution in [0.2, 0.25) is 15.2 Å². The summed E-state index contributed by atoms with van der Waals surface area (Å²) >= 11 is 17.4. The summed E-state index contributed by atoms with van der Waals surface area (Å²) in [6.45, 7) is 0. The van der Waals surface area contributed by atoms with Gasteiger partial charge in [-0.25, -0.2) is 9.97 Å². The first-order valence-corrected chi connectivity index (χ1v) is 5.99. The second-order valence-electron chi connectivity index (χ2n) is 3.37. The summed E-state index contributed by atoms with van der Waals surface area (Å²) in [5, 5.41) is 14.1. The first-order chi connectivity index (χ1) is 8.99. The van der Waals surface area contributed by atoms with Gasteiger partial charge >= 0.3 is 5.69 Å². The van der Waals surface area contributed by atoms with Gasteiger partial charge in [0.05, 0.1) is 15.6 Å². The van der Waals surface area contributed by atoms with E-state index in [9.17, 15) is 10.1 Å². The highest BCUT2D eigenvalue weighted by Crippen LogP contribution is 2.33. The van der Waals surface area contributed by atoms with Gasteiger partial charge in [0.2, 0.25) is 11.0 Å². The molecule has 0 radical (unpaired) electrons. The van der Waals surface area contributed by atoms with Crippen molar-refractivity contribution in [3.8, 4) is 0 Å². The van der Waals surface area contributed by atoms with Crippen molar-refractivity contribution in [2.75, 3.05) is 5.32 Å². The zero-order chi connectivity index (χ0) is 14.0. The Labute approximate surface area is 122 Å². The molecule has 2 rings (SSSR count). The predicted molar refractivity (Wildman–Crippen MR) is 73.4 cm³/mol. The van der Waals surface area contributed by atoms with Gasteiger partial charge in [0, 0.05) is 5.02 Å². The molecule has 0 aliphatic heterocycles. The number of halogens is 3. The van der Waals surface area contributed by atoms with E-state index in [4.69, 9.17) is 34.8 Å². The van der Waals surface area contributed by atoms with Gasteiger partial charge in [-0.05, 0) is 18.2 Å². The van der Waals surface area contributed by atoms with E-state index in [1.165, 1.54) is 6.07 Å². The summed E-state index contributed by atoms with van der Waals surface area (Å²) in [6, 6.07) is 4.66. The molecule has 0 unspecified atom stereocenters. The van der Waals surface area contributed by atoms with Crippen molar-refractivity contribution in [3.05, 3.63) is 49.8 Å². The molecule has 0 saturated heterocycles. The van der Waals surface area contributed by atoms with Crippen LogP contribution in [0.25, 0.3) is 0 Å². The van der Waals surface area contributed by atoms with Crippen molar-refractivity contribution in [2.24, 2.45) is 0 Å². The maximum absolute atomic E-state index is 10.9. The van der Waals surface area contributed by atoms with Crippen LogP contribution in [0.15, 0.2) is 24.5 Å². The molecule has 1 aromatic heterocycles. The molecule has 1 heterocycles. The van der Waals surface area contributed by atoms with Crippen molar-refractivity contribution >= 4 is 52.0 Å². The number of nitro groups is 1. The predicted octanol–water partition coefficient (Wildman–Crippen LogP) is 4.09. The van der Waals surface area contributed by atoms with Gasteiger partial charge < -0.3 is 5.32 Å². The van der Waals surface area contributed by atoms with Crippen LogP contribution in [0.5, 0.6) is 0 Å². The van der Waals surface area contributed by atoms with Gasteiger partial charge in [-0.1, -0.05) is 34.8 Å². The minimum atomic E-state index is -0.672. The highest BCUT2D eigenvalue weighted by Gasteiger charge is 2.22. The molecule has 19 heavy (non-hydrogen) atoms. The van der Waals surface area contributed by atoms with E-state index in [-0.39, 0.29) is 11.0 Å². The number of nitrogens with zero attached hydrogens (tertiary/aromatic N) is 3. The van der Waals surface area contributed by atoms with Crippen LogP contribution in [-0.2, 0) is 0 Å². The Hall–Kier alpha value is -1.63. The van der Waals surface area contributed by atoms with Crippen molar-refractivity contribution < 1.29 is 4.92 Å². The molecule has 0 bridgehead atoms.